The first-order valence-electron chi connectivity index (χ1n) is 14.1. The van der Waals surface area contributed by atoms with Crippen molar-refractivity contribution in [2.75, 3.05) is 31.4 Å². The fourth-order valence-electron chi connectivity index (χ4n) is 5.39. The molecule has 1 unspecified atom stereocenters. The number of carbonyl (C=O) groups is 1. The van der Waals surface area contributed by atoms with Gasteiger partial charge in [0, 0.05) is 46.2 Å². The number of benzene rings is 4. The Morgan fingerprint density at radius 1 is 0.860 bits per heavy atom. The minimum absolute atomic E-state index is 0.00731. The van der Waals surface area contributed by atoms with E-state index in [1.807, 2.05) is 66.7 Å². The SMILES string of the molecule is COc1cc2c(cc1OC)C(CNc1nc(NCc3ccccc3Sc3ccccc3CO)nc3ccccc13)CC2=O. The molecule has 0 saturated carbocycles. The van der Waals surface area contributed by atoms with E-state index in [4.69, 9.17) is 19.4 Å². The van der Waals surface area contributed by atoms with Gasteiger partial charge in [0.25, 0.3) is 0 Å². The lowest BCUT2D eigenvalue weighted by Gasteiger charge is -2.17. The zero-order valence-electron chi connectivity index (χ0n) is 24.0. The highest BCUT2D eigenvalue weighted by Gasteiger charge is 2.31. The molecular formula is C34H32N4O4S. The van der Waals surface area contributed by atoms with Crippen molar-refractivity contribution >= 4 is 40.2 Å². The molecule has 1 aliphatic carbocycles. The van der Waals surface area contributed by atoms with Gasteiger partial charge in [-0.3, -0.25) is 4.79 Å². The van der Waals surface area contributed by atoms with Crippen molar-refractivity contribution in [1.29, 1.82) is 0 Å². The zero-order chi connectivity index (χ0) is 29.8. The summed E-state index contributed by atoms with van der Waals surface area (Å²) in [6.07, 6.45) is 0.403. The molecule has 1 aliphatic rings. The maximum absolute atomic E-state index is 12.8. The second-order valence-corrected chi connectivity index (χ2v) is 11.3. The lowest BCUT2D eigenvalue weighted by atomic mass is 10.0. The predicted molar refractivity (Wildman–Crippen MR) is 170 cm³/mol. The average Bonchev–Trinajstić information content (AvgIpc) is 3.36. The number of ether oxygens (including phenoxy) is 2. The summed E-state index contributed by atoms with van der Waals surface area (Å²) < 4.78 is 10.9. The van der Waals surface area contributed by atoms with E-state index >= 15 is 0 Å². The molecule has 0 bridgehead atoms. The molecule has 1 atom stereocenters. The molecule has 3 N–H and O–H groups in total. The third-order valence-corrected chi connectivity index (χ3v) is 8.86. The minimum Gasteiger partial charge on any atom is -0.493 e. The Bertz CT molecular complexity index is 1790. The van der Waals surface area contributed by atoms with E-state index in [0.29, 0.717) is 48.3 Å². The molecule has 1 aromatic heterocycles. The summed E-state index contributed by atoms with van der Waals surface area (Å²) in [6.45, 7) is 1.04. The van der Waals surface area contributed by atoms with Gasteiger partial charge in [0.2, 0.25) is 5.95 Å². The van der Waals surface area contributed by atoms with E-state index in [1.165, 1.54) is 0 Å². The number of ketones is 1. The van der Waals surface area contributed by atoms with E-state index in [0.717, 1.165) is 37.4 Å². The lowest BCUT2D eigenvalue weighted by Crippen LogP contribution is -2.14. The number of carbonyl (C=O) groups excluding carboxylic acids is 1. The van der Waals surface area contributed by atoms with Crippen molar-refractivity contribution in [1.82, 2.24) is 9.97 Å². The maximum Gasteiger partial charge on any atom is 0.225 e. The topological polar surface area (TPSA) is 106 Å². The molecule has 0 fully saturated rings. The summed E-state index contributed by atoms with van der Waals surface area (Å²) in [7, 11) is 3.17. The van der Waals surface area contributed by atoms with Crippen LogP contribution in [0.15, 0.2) is 94.7 Å². The van der Waals surface area contributed by atoms with Crippen LogP contribution in [0.3, 0.4) is 0 Å². The Kier molecular flexibility index (Phi) is 8.44. The van der Waals surface area contributed by atoms with Crippen LogP contribution in [-0.4, -0.2) is 41.6 Å². The van der Waals surface area contributed by atoms with Crippen LogP contribution in [0.4, 0.5) is 11.8 Å². The van der Waals surface area contributed by atoms with Crippen LogP contribution in [0.5, 0.6) is 11.5 Å². The molecule has 1 heterocycles. The number of methoxy groups -OCH3 is 2. The van der Waals surface area contributed by atoms with Gasteiger partial charge in [0.1, 0.15) is 5.82 Å². The number of para-hydroxylation sites is 1. The standard InChI is InChI=1S/C34H32N4O4S/c1-41-29-16-25-23(15-28(40)26(25)17-30(29)42-2)19-35-33-24-11-5-6-12-27(24)37-34(38-33)36-18-21-9-3-7-13-31(21)43-32-14-8-4-10-22(32)20-39/h3-14,16-17,23,39H,15,18-20H2,1-2H3,(H2,35,36,37,38). The van der Waals surface area contributed by atoms with Crippen LogP contribution in [0.25, 0.3) is 10.9 Å². The van der Waals surface area contributed by atoms with E-state index in [1.54, 1.807) is 32.0 Å². The number of nitrogens with one attached hydrogen (secondary N) is 2. The Labute approximate surface area is 254 Å². The Balaban J connectivity index is 1.23. The van der Waals surface area contributed by atoms with Gasteiger partial charge in [0.05, 0.1) is 26.3 Å². The van der Waals surface area contributed by atoms with E-state index < -0.39 is 0 Å². The molecule has 5 aromatic rings. The van der Waals surface area contributed by atoms with Crippen LogP contribution in [0.1, 0.15) is 39.4 Å². The van der Waals surface area contributed by atoms with Crippen LogP contribution < -0.4 is 20.1 Å². The molecule has 0 aliphatic heterocycles. The number of anilines is 2. The first kappa shape index (κ1) is 28.5. The second kappa shape index (κ2) is 12.7. The summed E-state index contributed by atoms with van der Waals surface area (Å²) in [5, 5.41) is 17.6. The minimum atomic E-state index is -0.0295. The summed E-state index contributed by atoms with van der Waals surface area (Å²) in [6, 6.07) is 27.6. The van der Waals surface area contributed by atoms with E-state index in [2.05, 4.69) is 22.8 Å². The Morgan fingerprint density at radius 2 is 1.53 bits per heavy atom. The molecule has 0 amide bonds. The lowest BCUT2D eigenvalue weighted by molar-refractivity contribution is 0.0989. The van der Waals surface area contributed by atoms with Crippen LogP contribution >= 0.6 is 11.8 Å². The fourth-order valence-corrected chi connectivity index (χ4v) is 6.45. The summed E-state index contributed by atoms with van der Waals surface area (Å²) in [5.74, 6) is 2.44. The highest BCUT2D eigenvalue weighted by atomic mass is 32.2. The highest BCUT2D eigenvalue weighted by Crippen LogP contribution is 2.41. The van der Waals surface area contributed by atoms with Gasteiger partial charge in [-0.15, -0.1) is 0 Å². The van der Waals surface area contributed by atoms with Gasteiger partial charge in [-0.25, -0.2) is 4.98 Å². The molecule has 0 saturated heterocycles. The molecule has 0 radical (unpaired) electrons. The molecule has 218 valence electrons. The summed E-state index contributed by atoms with van der Waals surface area (Å²) in [4.78, 5) is 24.6. The Morgan fingerprint density at radius 3 is 2.30 bits per heavy atom. The quantitative estimate of drug-likeness (QED) is 0.155. The number of aromatic nitrogens is 2. The Hall–Kier alpha value is -4.60. The highest BCUT2D eigenvalue weighted by molar-refractivity contribution is 7.99. The van der Waals surface area contributed by atoms with Crippen molar-refractivity contribution in [2.24, 2.45) is 0 Å². The molecule has 8 nitrogen and oxygen atoms in total. The number of nitrogens with zero attached hydrogens (tertiary/aromatic N) is 2. The number of fused-ring (bicyclic) bond motifs is 2. The van der Waals surface area contributed by atoms with Gasteiger partial charge >= 0.3 is 0 Å². The van der Waals surface area contributed by atoms with Crippen molar-refractivity contribution in [2.45, 2.75) is 35.3 Å². The normalized spacial score (nSPS) is 14.0. The molecule has 0 spiro atoms. The van der Waals surface area contributed by atoms with Crippen molar-refractivity contribution < 1.29 is 19.4 Å². The smallest absolute Gasteiger partial charge is 0.225 e. The molecule has 6 rings (SSSR count). The fraction of sp³-hybridized carbons (Fsp3) is 0.206. The summed E-state index contributed by atoms with van der Waals surface area (Å²) in [5.41, 5.74) is 4.43. The number of Topliss-reactive ketones (excluding diaryl/α,β-unsaturated/α-hetero) is 1. The van der Waals surface area contributed by atoms with Crippen LogP contribution in [0.2, 0.25) is 0 Å². The van der Waals surface area contributed by atoms with Crippen molar-refractivity contribution in [3.63, 3.8) is 0 Å². The predicted octanol–water partition coefficient (Wildman–Crippen LogP) is 6.68. The molecular weight excluding hydrogens is 560 g/mol. The molecule has 4 aromatic carbocycles. The molecule has 9 heteroatoms. The van der Waals surface area contributed by atoms with Crippen LogP contribution in [-0.2, 0) is 13.2 Å². The summed E-state index contributed by atoms with van der Waals surface area (Å²) >= 11 is 1.63. The third kappa shape index (κ3) is 6.00. The number of rotatable bonds is 11. The number of aliphatic hydroxyl groups is 1. The van der Waals surface area contributed by atoms with Gasteiger partial charge in [0.15, 0.2) is 17.3 Å². The van der Waals surface area contributed by atoms with E-state index in [9.17, 15) is 9.90 Å². The first-order chi connectivity index (χ1) is 21.1. The largest absolute Gasteiger partial charge is 0.493 e. The number of aliphatic hydroxyl groups excluding tert-OH is 1. The van der Waals surface area contributed by atoms with Crippen molar-refractivity contribution in [3.8, 4) is 11.5 Å². The van der Waals surface area contributed by atoms with Gasteiger partial charge in [-0.2, -0.15) is 4.98 Å². The molecule has 43 heavy (non-hydrogen) atoms. The maximum atomic E-state index is 12.8. The van der Waals surface area contributed by atoms with Gasteiger partial charge in [-0.05, 0) is 53.1 Å². The first-order valence-corrected chi connectivity index (χ1v) is 14.9. The van der Waals surface area contributed by atoms with Crippen molar-refractivity contribution in [3.05, 3.63) is 107 Å². The monoisotopic (exact) mass is 592 g/mol. The van der Waals surface area contributed by atoms with E-state index in [-0.39, 0.29) is 18.3 Å². The number of hydrogen-bond donors (Lipinski definition) is 3. The average molecular weight is 593 g/mol. The third-order valence-electron chi connectivity index (χ3n) is 7.62. The van der Waals surface area contributed by atoms with Gasteiger partial charge in [-0.1, -0.05) is 60.3 Å². The zero-order valence-corrected chi connectivity index (χ0v) is 24.8. The number of hydrogen-bond acceptors (Lipinski definition) is 9. The second-order valence-electron chi connectivity index (χ2n) is 10.2. The van der Waals surface area contributed by atoms with Gasteiger partial charge < -0.3 is 25.2 Å². The van der Waals surface area contributed by atoms with Crippen LogP contribution in [0, 0.1) is 0 Å².